The molecule has 0 aromatic rings. The Hall–Kier alpha value is -0.210. The number of nitrogens with one attached hydrogen (secondary N) is 1. The van der Waals surface area contributed by atoms with E-state index in [1.54, 1.807) is 0 Å². The number of ether oxygens (including phenoxy) is 1. The van der Waals surface area contributed by atoms with Gasteiger partial charge in [0, 0.05) is 25.7 Å². The average Bonchev–Trinajstić information content (AvgIpc) is 2.81. The lowest BCUT2D eigenvalue weighted by Gasteiger charge is -2.35. The Balaban J connectivity index is 1.73. The van der Waals surface area contributed by atoms with Gasteiger partial charge >= 0.3 is 0 Å². The van der Waals surface area contributed by atoms with Gasteiger partial charge in [-0.3, -0.25) is 4.90 Å². The quantitative estimate of drug-likeness (QED) is 0.662. The molecule has 2 aliphatic rings. The maximum Gasteiger partial charge on any atom is 0.211 e. The first-order valence-electron chi connectivity index (χ1n) is 6.54. The summed E-state index contributed by atoms with van der Waals surface area (Å²) < 4.78 is 31.4. The number of rotatable bonds is 6. The summed E-state index contributed by atoms with van der Waals surface area (Å²) in [6.07, 6.45) is 2.62. The number of sulfonamides is 1. The van der Waals surface area contributed by atoms with Crippen molar-refractivity contribution in [1.82, 2.24) is 9.62 Å². The molecule has 2 unspecified atom stereocenters. The van der Waals surface area contributed by atoms with Gasteiger partial charge in [0.15, 0.2) is 0 Å². The highest BCUT2D eigenvalue weighted by Gasteiger charge is 2.32. The van der Waals surface area contributed by atoms with Crippen LogP contribution in [0.3, 0.4) is 0 Å². The first-order valence-corrected chi connectivity index (χ1v) is 8.20. The molecule has 2 fully saturated rings. The zero-order valence-corrected chi connectivity index (χ0v) is 11.4. The summed E-state index contributed by atoms with van der Waals surface area (Å²) in [5, 5.41) is 8.63. The van der Waals surface area contributed by atoms with Gasteiger partial charge < -0.3 is 9.84 Å². The topological polar surface area (TPSA) is 78.9 Å². The third-order valence-electron chi connectivity index (χ3n) is 3.56. The second-order valence-corrected chi connectivity index (χ2v) is 6.92. The van der Waals surface area contributed by atoms with Gasteiger partial charge in [-0.1, -0.05) is 0 Å². The predicted octanol–water partition coefficient (Wildman–Crippen LogP) is -0.849. The van der Waals surface area contributed by atoms with Crippen molar-refractivity contribution >= 4 is 10.0 Å². The fourth-order valence-corrected chi connectivity index (χ4v) is 3.65. The molecule has 0 aromatic carbocycles. The van der Waals surface area contributed by atoms with E-state index in [0.717, 1.165) is 13.1 Å². The molecule has 0 amide bonds. The molecule has 0 aromatic heterocycles. The lowest BCUT2D eigenvalue weighted by atomic mass is 10.2. The Morgan fingerprint density at radius 3 is 3.06 bits per heavy atom. The smallest absolute Gasteiger partial charge is 0.211 e. The summed E-state index contributed by atoms with van der Waals surface area (Å²) >= 11 is 0. The van der Waals surface area contributed by atoms with Crippen molar-refractivity contribution in [3.63, 3.8) is 0 Å². The molecule has 18 heavy (non-hydrogen) atoms. The summed E-state index contributed by atoms with van der Waals surface area (Å²) in [5.74, 6) is -0.0252. The molecule has 6 nitrogen and oxygen atoms in total. The van der Waals surface area contributed by atoms with Crippen molar-refractivity contribution in [1.29, 1.82) is 0 Å². The van der Waals surface area contributed by atoms with Crippen LogP contribution in [-0.4, -0.2) is 69.2 Å². The molecule has 2 atom stereocenters. The normalized spacial score (nSPS) is 29.4. The highest BCUT2D eigenvalue weighted by atomic mass is 32.2. The molecule has 0 bridgehead atoms. The van der Waals surface area contributed by atoms with Crippen LogP contribution in [0.25, 0.3) is 0 Å². The Morgan fingerprint density at radius 1 is 1.44 bits per heavy atom. The van der Waals surface area contributed by atoms with Gasteiger partial charge in [0.1, 0.15) is 0 Å². The standard InChI is InChI=1S/C11H22N2O4S/c14-5-2-6-18(15,16)12-7-11-8-13-4-1-3-10(13)9-17-11/h10-12,14H,1-9H2. The summed E-state index contributed by atoms with van der Waals surface area (Å²) in [5.41, 5.74) is 0. The van der Waals surface area contributed by atoms with Crippen LogP contribution in [0.5, 0.6) is 0 Å². The molecule has 106 valence electrons. The minimum absolute atomic E-state index is 0.0252. The number of nitrogens with zero attached hydrogens (tertiary/aromatic N) is 1. The van der Waals surface area contributed by atoms with E-state index < -0.39 is 10.0 Å². The van der Waals surface area contributed by atoms with Crippen LogP contribution in [0.15, 0.2) is 0 Å². The third-order valence-corrected chi connectivity index (χ3v) is 5.00. The third kappa shape index (κ3) is 3.89. The van der Waals surface area contributed by atoms with Crippen molar-refractivity contribution in [3.05, 3.63) is 0 Å². The van der Waals surface area contributed by atoms with Gasteiger partial charge in [0.2, 0.25) is 10.0 Å². The van der Waals surface area contributed by atoms with Crippen LogP contribution in [0.2, 0.25) is 0 Å². The molecule has 2 aliphatic heterocycles. The van der Waals surface area contributed by atoms with Gasteiger partial charge in [0.05, 0.1) is 18.5 Å². The van der Waals surface area contributed by atoms with Gasteiger partial charge in [-0.25, -0.2) is 13.1 Å². The molecule has 2 rings (SSSR count). The fourth-order valence-electron chi connectivity index (χ4n) is 2.56. The maximum absolute atomic E-state index is 11.6. The Labute approximate surface area is 108 Å². The molecule has 7 heteroatoms. The maximum atomic E-state index is 11.6. The first kappa shape index (κ1) is 14.2. The van der Waals surface area contributed by atoms with Crippen LogP contribution in [-0.2, 0) is 14.8 Å². The summed E-state index contributed by atoms with van der Waals surface area (Å²) in [7, 11) is -3.27. The van der Waals surface area contributed by atoms with Crippen LogP contribution in [0.1, 0.15) is 19.3 Å². The number of morpholine rings is 1. The van der Waals surface area contributed by atoms with E-state index in [1.807, 2.05) is 0 Å². The second-order valence-electron chi connectivity index (χ2n) is 4.99. The second kappa shape index (κ2) is 6.29. The van der Waals surface area contributed by atoms with Gasteiger partial charge in [-0.05, 0) is 25.8 Å². The fraction of sp³-hybridized carbons (Fsp3) is 1.00. The zero-order valence-electron chi connectivity index (χ0n) is 10.5. The van der Waals surface area contributed by atoms with Crippen molar-refractivity contribution < 1.29 is 18.3 Å². The first-order chi connectivity index (χ1) is 8.61. The van der Waals surface area contributed by atoms with Crippen molar-refractivity contribution in [2.75, 3.05) is 38.6 Å². The molecule has 0 aliphatic carbocycles. The molecule has 2 saturated heterocycles. The lowest BCUT2D eigenvalue weighted by Crippen LogP contribution is -2.50. The summed E-state index contributed by atoms with van der Waals surface area (Å²) in [6.45, 7) is 2.85. The van der Waals surface area contributed by atoms with Crippen molar-refractivity contribution in [2.24, 2.45) is 0 Å². The number of aliphatic hydroxyl groups excluding tert-OH is 1. The van der Waals surface area contributed by atoms with Crippen LogP contribution in [0, 0.1) is 0 Å². The van der Waals surface area contributed by atoms with E-state index in [9.17, 15) is 8.42 Å². The monoisotopic (exact) mass is 278 g/mol. The van der Waals surface area contributed by atoms with Crippen LogP contribution < -0.4 is 4.72 Å². The van der Waals surface area contributed by atoms with Gasteiger partial charge in [0.25, 0.3) is 0 Å². The highest BCUT2D eigenvalue weighted by molar-refractivity contribution is 7.89. The highest BCUT2D eigenvalue weighted by Crippen LogP contribution is 2.22. The summed E-state index contributed by atoms with van der Waals surface area (Å²) in [4.78, 5) is 2.39. The Kier molecular flexibility index (Phi) is 4.97. The van der Waals surface area contributed by atoms with E-state index >= 15 is 0 Å². The van der Waals surface area contributed by atoms with Gasteiger partial charge in [-0.15, -0.1) is 0 Å². The van der Waals surface area contributed by atoms with E-state index in [0.29, 0.717) is 19.2 Å². The minimum Gasteiger partial charge on any atom is -0.396 e. The molecule has 2 heterocycles. The van der Waals surface area contributed by atoms with Gasteiger partial charge in [-0.2, -0.15) is 0 Å². The zero-order chi connectivity index (χ0) is 13.0. The molecule has 0 saturated carbocycles. The van der Waals surface area contributed by atoms with E-state index in [4.69, 9.17) is 9.84 Å². The minimum atomic E-state index is -3.27. The largest absolute Gasteiger partial charge is 0.396 e. The Bertz CT molecular complexity index is 360. The predicted molar refractivity (Wildman–Crippen MR) is 67.8 cm³/mol. The van der Waals surface area contributed by atoms with Crippen molar-refractivity contribution in [2.45, 2.75) is 31.4 Å². The number of fused-ring (bicyclic) bond motifs is 1. The van der Waals surface area contributed by atoms with Crippen LogP contribution in [0.4, 0.5) is 0 Å². The SMILES string of the molecule is O=S(=O)(CCCO)NCC1CN2CCCC2CO1. The van der Waals surface area contributed by atoms with E-state index in [-0.39, 0.29) is 24.9 Å². The van der Waals surface area contributed by atoms with Crippen LogP contribution >= 0.6 is 0 Å². The molecule has 2 N–H and O–H groups in total. The van der Waals surface area contributed by atoms with E-state index in [1.165, 1.54) is 12.8 Å². The number of hydrogen-bond donors (Lipinski definition) is 2. The molecular formula is C11H22N2O4S. The molecular weight excluding hydrogens is 256 g/mol. The average molecular weight is 278 g/mol. The number of aliphatic hydroxyl groups is 1. The van der Waals surface area contributed by atoms with Crippen molar-refractivity contribution in [3.8, 4) is 0 Å². The number of hydrogen-bond acceptors (Lipinski definition) is 5. The van der Waals surface area contributed by atoms with E-state index in [2.05, 4.69) is 9.62 Å². The lowest BCUT2D eigenvalue weighted by molar-refractivity contribution is -0.0449. The molecule has 0 radical (unpaired) electrons. The molecule has 0 spiro atoms. The summed E-state index contributed by atoms with van der Waals surface area (Å²) in [6, 6.07) is 0.534. The Morgan fingerprint density at radius 2 is 2.28 bits per heavy atom.